The van der Waals surface area contributed by atoms with E-state index in [1.165, 1.54) is 31.2 Å². The molecule has 2 saturated heterocycles. The molecule has 5 heteroatoms. The quantitative estimate of drug-likeness (QED) is 0.602. The fraction of sp³-hybridized carbons (Fsp3) is 0.680. The van der Waals surface area contributed by atoms with Gasteiger partial charge in [-0.25, -0.2) is 0 Å². The highest BCUT2D eigenvalue weighted by molar-refractivity contribution is 5.80. The molecule has 166 valence electrons. The Balaban J connectivity index is 1.53. The lowest BCUT2D eigenvalue weighted by molar-refractivity contribution is -0.161. The first-order chi connectivity index (χ1) is 14.6. The molecule has 0 saturated carbocycles. The second-order valence-corrected chi connectivity index (χ2v) is 8.91. The number of hydrogen-bond donors (Lipinski definition) is 0. The number of carbonyl (C=O) groups excluding carboxylic acids is 2. The first-order valence-electron chi connectivity index (χ1n) is 11.8. The van der Waals surface area contributed by atoms with Crippen LogP contribution >= 0.6 is 0 Å². The van der Waals surface area contributed by atoms with Crippen LogP contribution in [0.3, 0.4) is 0 Å². The van der Waals surface area contributed by atoms with Crippen molar-refractivity contribution in [3.8, 4) is 0 Å². The molecular weight excluding hydrogens is 376 g/mol. The second-order valence-electron chi connectivity index (χ2n) is 8.91. The lowest BCUT2D eigenvalue weighted by Gasteiger charge is -2.40. The van der Waals surface area contributed by atoms with Crippen molar-refractivity contribution in [2.45, 2.75) is 64.7 Å². The summed E-state index contributed by atoms with van der Waals surface area (Å²) in [5.74, 6) is 0.149. The van der Waals surface area contributed by atoms with Gasteiger partial charge in [0.1, 0.15) is 0 Å². The van der Waals surface area contributed by atoms with Gasteiger partial charge in [0.05, 0.1) is 18.6 Å². The predicted molar refractivity (Wildman–Crippen MR) is 119 cm³/mol. The summed E-state index contributed by atoms with van der Waals surface area (Å²) in [5, 5.41) is 0. The van der Waals surface area contributed by atoms with Gasteiger partial charge in [-0.15, -0.1) is 0 Å². The molecule has 2 aliphatic heterocycles. The van der Waals surface area contributed by atoms with Gasteiger partial charge in [-0.05, 0) is 70.5 Å². The van der Waals surface area contributed by atoms with E-state index < -0.39 is 5.41 Å². The summed E-state index contributed by atoms with van der Waals surface area (Å²) in [6.07, 6.45) is 9.14. The van der Waals surface area contributed by atoms with Crippen LogP contribution in [0.1, 0.15) is 63.9 Å². The van der Waals surface area contributed by atoms with E-state index in [0.29, 0.717) is 39.1 Å². The monoisotopic (exact) mass is 414 g/mol. The molecular formula is C25H38N2O3. The molecule has 1 aromatic carbocycles. The third kappa shape index (κ3) is 6.31. The highest BCUT2D eigenvalue weighted by atomic mass is 16.5. The largest absolute Gasteiger partial charge is 0.466 e. The van der Waals surface area contributed by atoms with Gasteiger partial charge < -0.3 is 9.64 Å². The Morgan fingerprint density at radius 1 is 0.967 bits per heavy atom. The summed E-state index contributed by atoms with van der Waals surface area (Å²) in [5.41, 5.74) is 0.867. The molecule has 0 aromatic heterocycles. The van der Waals surface area contributed by atoms with Gasteiger partial charge in [-0.2, -0.15) is 0 Å². The van der Waals surface area contributed by atoms with E-state index in [9.17, 15) is 9.59 Å². The average Bonchev–Trinajstić information content (AvgIpc) is 3.04. The molecule has 2 heterocycles. The Bertz CT molecular complexity index is 660. The van der Waals surface area contributed by atoms with Gasteiger partial charge in [0.2, 0.25) is 5.91 Å². The van der Waals surface area contributed by atoms with Crippen LogP contribution in [-0.2, 0) is 20.7 Å². The van der Waals surface area contributed by atoms with E-state index in [-0.39, 0.29) is 11.9 Å². The summed E-state index contributed by atoms with van der Waals surface area (Å²) in [4.78, 5) is 30.0. The molecule has 2 aliphatic rings. The van der Waals surface area contributed by atoms with Crippen LogP contribution in [0.4, 0.5) is 0 Å². The number of carbonyl (C=O) groups is 2. The Morgan fingerprint density at radius 3 is 2.27 bits per heavy atom. The number of aryl methyl sites for hydroxylation is 1. The molecule has 30 heavy (non-hydrogen) atoms. The van der Waals surface area contributed by atoms with Gasteiger partial charge >= 0.3 is 5.97 Å². The molecule has 0 N–H and O–H groups in total. The Kier molecular flexibility index (Phi) is 8.74. The lowest BCUT2D eigenvalue weighted by atomic mass is 9.74. The van der Waals surface area contributed by atoms with Crippen LogP contribution in [0, 0.1) is 5.41 Å². The van der Waals surface area contributed by atoms with Gasteiger partial charge in [-0.1, -0.05) is 43.2 Å². The first-order valence-corrected chi connectivity index (χ1v) is 11.8. The summed E-state index contributed by atoms with van der Waals surface area (Å²) < 4.78 is 5.47. The number of esters is 1. The minimum absolute atomic E-state index is 0.0716. The van der Waals surface area contributed by atoms with E-state index >= 15 is 0 Å². The molecule has 5 nitrogen and oxygen atoms in total. The molecule has 2 fully saturated rings. The van der Waals surface area contributed by atoms with Crippen molar-refractivity contribution in [2.75, 3.05) is 39.3 Å². The maximum absolute atomic E-state index is 12.9. The highest BCUT2D eigenvalue weighted by Crippen LogP contribution is 2.38. The summed E-state index contributed by atoms with van der Waals surface area (Å²) >= 11 is 0. The normalized spacial score (nSPS) is 19.8. The van der Waals surface area contributed by atoms with Crippen molar-refractivity contribution in [3.63, 3.8) is 0 Å². The summed E-state index contributed by atoms with van der Waals surface area (Å²) in [6.45, 7) is 6.21. The van der Waals surface area contributed by atoms with Crippen molar-refractivity contribution >= 4 is 11.9 Å². The van der Waals surface area contributed by atoms with Crippen molar-refractivity contribution in [2.24, 2.45) is 5.41 Å². The SMILES string of the molecule is CCOC(=O)C1(CCCc2ccccc2)CCN(C(=O)CN2CCCCCC2)CC1. The van der Waals surface area contributed by atoms with Gasteiger partial charge in [0.15, 0.2) is 0 Å². The van der Waals surface area contributed by atoms with Crippen LogP contribution in [0.25, 0.3) is 0 Å². The fourth-order valence-electron chi connectivity index (χ4n) is 4.89. The van der Waals surface area contributed by atoms with E-state index in [4.69, 9.17) is 4.74 Å². The second kappa shape index (κ2) is 11.5. The zero-order valence-corrected chi connectivity index (χ0v) is 18.6. The number of hydrogen-bond acceptors (Lipinski definition) is 4. The lowest BCUT2D eigenvalue weighted by Crippen LogP contribution is -2.49. The summed E-state index contributed by atoms with van der Waals surface area (Å²) in [7, 11) is 0. The Hall–Kier alpha value is -1.88. The smallest absolute Gasteiger partial charge is 0.312 e. The zero-order chi connectivity index (χ0) is 21.2. The van der Waals surface area contributed by atoms with Crippen LogP contribution in [-0.4, -0.2) is 61.0 Å². The Morgan fingerprint density at radius 2 is 1.63 bits per heavy atom. The maximum Gasteiger partial charge on any atom is 0.312 e. The van der Waals surface area contributed by atoms with Gasteiger partial charge in [0.25, 0.3) is 0 Å². The molecule has 1 amide bonds. The van der Waals surface area contributed by atoms with E-state index in [1.807, 2.05) is 17.9 Å². The van der Waals surface area contributed by atoms with Crippen LogP contribution in [0.2, 0.25) is 0 Å². The maximum atomic E-state index is 12.9. The molecule has 0 aliphatic carbocycles. The standard InChI is InChI=1S/C25H38N2O3/c1-2-30-24(29)25(14-10-13-22-11-6-5-7-12-22)15-19-27(20-16-25)23(28)21-26-17-8-3-4-9-18-26/h5-7,11-12H,2-4,8-10,13-21H2,1H3. The molecule has 1 aromatic rings. The third-order valence-electron chi connectivity index (χ3n) is 6.80. The summed E-state index contributed by atoms with van der Waals surface area (Å²) in [6, 6.07) is 10.4. The van der Waals surface area contributed by atoms with Crippen molar-refractivity contribution in [3.05, 3.63) is 35.9 Å². The molecule has 0 atom stereocenters. The van der Waals surface area contributed by atoms with Crippen molar-refractivity contribution in [1.29, 1.82) is 0 Å². The number of amides is 1. The number of ether oxygens (including phenoxy) is 1. The first kappa shape index (κ1) is 22.8. The van der Waals surface area contributed by atoms with Gasteiger partial charge in [0, 0.05) is 13.1 Å². The van der Waals surface area contributed by atoms with Crippen LogP contribution < -0.4 is 0 Å². The minimum Gasteiger partial charge on any atom is -0.466 e. The number of likely N-dealkylation sites (tertiary alicyclic amines) is 2. The predicted octanol–water partition coefficient (Wildman–Crippen LogP) is 4.06. The number of nitrogens with zero attached hydrogens (tertiary/aromatic N) is 2. The Labute approximate surface area is 181 Å². The number of rotatable bonds is 8. The molecule has 3 rings (SSSR count). The van der Waals surface area contributed by atoms with E-state index in [0.717, 1.165) is 32.4 Å². The molecule has 0 unspecified atom stereocenters. The molecule has 0 spiro atoms. The van der Waals surface area contributed by atoms with E-state index in [1.54, 1.807) is 0 Å². The molecule has 0 bridgehead atoms. The number of benzene rings is 1. The van der Waals surface area contributed by atoms with Crippen LogP contribution in [0.15, 0.2) is 30.3 Å². The van der Waals surface area contributed by atoms with Crippen LogP contribution in [0.5, 0.6) is 0 Å². The number of piperidine rings is 1. The van der Waals surface area contributed by atoms with Crippen molar-refractivity contribution in [1.82, 2.24) is 9.80 Å². The zero-order valence-electron chi connectivity index (χ0n) is 18.6. The third-order valence-corrected chi connectivity index (χ3v) is 6.80. The minimum atomic E-state index is -0.440. The topological polar surface area (TPSA) is 49.9 Å². The van der Waals surface area contributed by atoms with E-state index in [2.05, 4.69) is 29.2 Å². The van der Waals surface area contributed by atoms with Crippen molar-refractivity contribution < 1.29 is 14.3 Å². The fourth-order valence-corrected chi connectivity index (χ4v) is 4.89. The van der Waals surface area contributed by atoms with Gasteiger partial charge in [-0.3, -0.25) is 14.5 Å². The highest BCUT2D eigenvalue weighted by Gasteiger charge is 2.43. The average molecular weight is 415 g/mol. The molecule has 0 radical (unpaired) electrons.